The highest BCUT2D eigenvalue weighted by molar-refractivity contribution is 6.34. The second-order valence-corrected chi connectivity index (χ2v) is 16.1. The fourth-order valence-electron chi connectivity index (χ4n) is 6.79. The zero-order valence-electron chi connectivity index (χ0n) is 30.2. The van der Waals surface area contributed by atoms with Crippen molar-refractivity contribution in [3.8, 4) is 22.6 Å². The molecule has 0 aromatic heterocycles. The van der Waals surface area contributed by atoms with Crippen molar-refractivity contribution in [1.29, 1.82) is 0 Å². The summed E-state index contributed by atoms with van der Waals surface area (Å²) in [7, 11) is 0. The molecule has 270 valence electrons. The van der Waals surface area contributed by atoms with E-state index in [1.807, 2.05) is 63.2 Å². The number of piperidine rings is 1. The van der Waals surface area contributed by atoms with Gasteiger partial charge in [-0.3, -0.25) is 14.4 Å². The Balaban J connectivity index is 1.35. The summed E-state index contributed by atoms with van der Waals surface area (Å²) in [5.74, 6) is 0.160. The van der Waals surface area contributed by atoms with Gasteiger partial charge in [0.25, 0.3) is 5.91 Å². The Kier molecular flexibility index (Phi) is 9.85. The van der Waals surface area contributed by atoms with Crippen LogP contribution in [0.15, 0.2) is 61.2 Å². The highest BCUT2D eigenvalue weighted by atomic mass is 35.5. The second kappa shape index (κ2) is 13.9. The van der Waals surface area contributed by atoms with Crippen LogP contribution in [0.2, 0.25) is 5.02 Å². The SMILES string of the molecule is C=CC(=O)N1CC(CN2C(=O)C(C3CCN(C(=O)OC(C)(C)C)CC3)Oc3cc(-c4cc(OC(=O)C(C)(C)C)cc5ccccc45)c(Cl)cc32)C1. The molecular weight excluding hydrogens is 670 g/mol. The summed E-state index contributed by atoms with van der Waals surface area (Å²) < 4.78 is 18.0. The number of fused-ring (bicyclic) bond motifs is 2. The average Bonchev–Trinajstić information content (AvgIpc) is 3.05. The van der Waals surface area contributed by atoms with E-state index in [1.165, 1.54) is 6.08 Å². The van der Waals surface area contributed by atoms with Crippen LogP contribution < -0.4 is 14.4 Å². The summed E-state index contributed by atoms with van der Waals surface area (Å²) in [4.78, 5) is 57.3. The summed E-state index contributed by atoms with van der Waals surface area (Å²) in [6, 6.07) is 15.1. The highest BCUT2D eigenvalue weighted by Crippen LogP contribution is 2.46. The lowest BCUT2D eigenvalue weighted by molar-refractivity contribution is -0.143. The molecule has 0 aliphatic carbocycles. The number of hydrogen-bond donors (Lipinski definition) is 0. The second-order valence-electron chi connectivity index (χ2n) is 15.7. The number of hydrogen-bond acceptors (Lipinski definition) is 7. The van der Waals surface area contributed by atoms with Crippen molar-refractivity contribution in [2.45, 2.75) is 66.1 Å². The molecule has 1 atom stereocenters. The minimum Gasteiger partial charge on any atom is -0.478 e. The maximum absolute atomic E-state index is 14.3. The number of rotatable bonds is 6. The quantitative estimate of drug-likeness (QED) is 0.148. The molecule has 3 aromatic carbocycles. The van der Waals surface area contributed by atoms with Crippen LogP contribution in [0.3, 0.4) is 0 Å². The molecule has 11 heteroatoms. The van der Waals surface area contributed by atoms with Gasteiger partial charge in [-0.2, -0.15) is 0 Å². The molecule has 3 aliphatic rings. The minimum absolute atomic E-state index is 0.0649. The summed E-state index contributed by atoms with van der Waals surface area (Å²) in [5.41, 5.74) is 0.674. The number of anilines is 1. The van der Waals surface area contributed by atoms with Gasteiger partial charge in [-0.25, -0.2) is 4.79 Å². The summed E-state index contributed by atoms with van der Waals surface area (Å²) >= 11 is 7.07. The largest absolute Gasteiger partial charge is 0.478 e. The van der Waals surface area contributed by atoms with Crippen LogP contribution in [0.25, 0.3) is 21.9 Å². The topological polar surface area (TPSA) is 106 Å². The van der Waals surface area contributed by atoms with E-state index in [0.29, 0.717) is 73.3 Å². The lowest BCUT2D eigenvalue weighted by Gasteiger charge is -2.45. The Morgan fingerprint density at radius 1 is 0.961 bits per heavy atom. The number of halogens is 1. The average molecular weight is 716 g/mol. The monoisotopic (exact) mass is 715 g/mol. The molecule has 3 aliphatic heterocycles. The van der Waals surface area contributed by atoms with Gasteiger partial charge in [0.05, 0.1) is 16.1 Å². The lowest BCUT2D eigenvalue weighted by atomic mass is 9.88. The van der Waals surface area contributed by atoms with Crippen LogP contribution in [-0.2, 0) is 19.1 Å². The third-order valence-corrected chi connectivity index (χ3v) is 9.87. The number of carbonyl (C=O) groups is 4. The molecule has 0 saturated carbocycles. The molecule has 0 radical (unpaired) electrons. The normalized spacial score (nSPS) is 18.5. The van der Waals surface area contributed by atoms with Crippen molar-refractivity contribution in [3.63, 3.8) is 0 Å². The molecule has 0 N–H and O–H groups in total. The van der Waals surface area contributed by atoms with Crippen LogP contribution in [0.5, 0.6) is 11.5 Å². The smallest absolute Gasteiger partial charge is 0.410 e. The molecule has 3 aromatic rings. The zero-order chi connectivity index (χ0) is 36.8. The lowest BCUT2D eigenvalue weighted by Crippen LogP contribution is -2.58. The summed E-state index contributed by atoms with van der Waals surface area (Å²) in [6.07, 6.45) is 1.28. The van der Waals surface area contributed by atoms with E-state index in [-0.39, 0.29) is 35.7 Å². The van der Waals surface area contributed by atoms with Gasteiger partial charge >= 0.3 is 12.1 Å². The predicted octanol–water partition coefficient (Wildman–Crippen LogP) is 7.50. The van der Waals surface area contributed by atoms with E-state index in [4.69, 9.17) is 25.8 Å². The van der Waals surface area contributed by atoms with Crippen LogP contribution in [-0.4, -0.2) is 78.1 Å². The van der Waals surface area contributed by atoms with Gasteiger partial charge in [0.1, 0.15) is 17.1 Å². The first kappa shape index (κ1) is 36.2. The van der Waals surface area contributed by atoms with E-state index in [9.17, 15) is 19.2 Å². The first-order chi connectivity index (χ1) is 24.0. The first-order valence-electron chi connectivity index (χ1n) is 17.5. The minimum atomic E-state index is -0.783. The third kappa shape index (κ3) is 7.71. The van der Waals surface area contributed by atoms with Gasteiger partial charge in [-0.15, -0.1) is 0 Å². The van der Waals surface area contributed by atoms with Crippen molar-refractivity contribution in [1.82, 2.24) is 9.80 Å². The van der Waals surface area contributed by atoms with Gasteiger partial charge in [-0.05, 0) is 101 Å². The molecule has 51 heavy (non-hydrogen) atoms. The number of benzene rings is 3. The fraction of sp³-hybridized carbons (Fsp3) is 0.450. The van der Waals surface area contributed by atoms with E-state index < -0.39 is 17.1 Å². The van der Waals surface area contributed by atoms with E-state index in [1.54, 1.807) is 41.5 Å². The Bertz CT molecular complexity index is 1880. The molecule has 2 saturated heterocycles. The van der Waals surface area contributed by atoms with E-state index in [2.05, 4.69) is 6.58 Å². The Labute approximate surface area is 304 Å². The molecule has 10 nitrogen and oxygen atoms in total. The highest BCUT2D eigenvalue weighted by Gasteiger charge is 2.44. The molecule has 3 amide bonds. The maximum atomic E-state index is 14.3. The van der Waals surface area contributed by atoms with Crippen molar-refractivity contribution >= 4 is 51.9 Å². The van der Waals surface area contributed by atoms with Crippen molar-refractivity contribution in [3.05, 3.63) is 66.2 Å². The van der Waals surface area contributed by atoms with Gasteiger partial charge < -0.3 is 28.9 Å². The molecule has 3 heterocycles. The Morgan fingerprint density at radius 2 is 1.65 bits per heavy atom. The first-order valence-corrected chi connectivity index (χ1v) is 17.9. The molecule has 6 rings (SSSR count). The van der Waals surface area contributed by atoms with Crippen LogP contribution in [0.4, 0.5) is 10.5 Å². The Morgan fingerprint density at radius 3 is 2.29 bits per heavy atom. The van der Waals surface area contributed by atoms with E-state index >= 15 is 0 Å². The van der Waals surface area contributed by atoms with Crippen molar-refractivity contribution < 1.29 is 33.4 Å². The van der Waals surface area contributed by atoms with Gasteiger partial charge in [0.15, 0.2) is 6.10 Å². The number of amides is 3. The number of likely N-dealkylation sites (tertiary alicyclic amines) is 2. The number of carbonyl (C=O) groups excluding carboxylic acids is 4. The predicted molar refractivity (Wildman–Crippen MR) is 197 cm³/mol. The molecule has 0 spiro atoms. The summed E-state index contributed by atoms with van der Waals surface area (Å²) in [6.45, 7) is 16.8. The summed E-state index contributed by atoms with van der Waals surface area (Å²) in [5, 5.41) is 2.18. The van der Waals surface area contributed by atoms with Crippen molar-refractivity contribution in [2.75, 3.05) is 37.6 Å². The maximum Gasteiger partial charge on any atom is 0.410 e. The van der Waals surface area contributed by atoms with Crippen LogP contribution in [0, 0.1) is 17.3 Å². The van der Waals surface area contributed by atoms with Crippen LogP contribution in [0.1, 0.15) is 54.4 Å². The molecule has 2 fully saturated rings. The van der Waals surface area contributed by atoms with Gasteiger partial charge in [0.2, 0.25) is 5.91 Å². The third-order valence-electron chi connectivity index (χ3n) is 9.55. The molecular formula is C40H46ClN3O7. The Hall–Kier alpha value is -4.57. The zero-order valence-corrected chi connectivity index (χ0v) is 30.9. The van der Waals surface area contributed by atoms with Crippen LogP contribution >= 0.6 is 11.6 Å². The van der Waals surface area contributed by atoms with E-state index in [0.717, 1.165) is 16.3 Å². The van der Waals surface area contributed by atoms with Gasteiger partial charge in [-0.1, -0.05) is 42.4 Å². The van der Waals surface area contributed by atoms with Gasteiger partial charge in [0, 0.05) is 50.1 Å². The molecule has 1 unspecified atom stereocenters. The standard InChI is InChI=1S/C40H46ClN3O7/c1-8-34(45)43-21-24(22-43)23-44-32-20-31(41)30(29-18-27(49-37(47)39(2,3)4)17-26-11-9-10-12-28(26)29)19-33(32)50-35(36(44)46)25-13-15-42(16-14-25)38(48)51-40(5,6)7/h8-12,17-20,24-25,35H,1,13-16,21-23H2,2-7H3. The number of nitrogens with zero attached hydrogens (tertiary/aromatic N) is 3. The van der Waals surface area contributed by atoms with Crippen molar-refractivity contribution in [2.24, 2.45) is 17.3 Å². The molecule has 0 bridgehead atoms. The number of ether oxygens (including phenoxy) is 3. The number of esters is 1. The fourth-order valence-corrected chi connectivity index (χ4v) is 7.05.